The quantitative estimate of drug-likeness (QED) is 0.746. The molecular weight excluding hydrogens is 370 g/mol. The summed E-state index contributed by atoms with van der Waals surface area (Å²) in [5.41, 5.74) is 1.28. The van der Waals surface area contributed by atoms with Crippen LogP contribution in [-0.2, 0) is 6.54 Å². The Morgan fingerprint density at radius 1 is 0.895 bits per heavy atom. The van der Waals surface area contributed by atoms with Gasteiger partial charge in [-0.1, -0.05) is 36.4 Å². The molecule has 2 rings (SSSR count). The largest absolute Gasteiger partial charge is 0.490 e. The summed E-state index contributed by atoms with van der Waals surface area (Å²) in [6, 6.07) is 16.2. The Balaban J connectivity index is 1.73. The Bertz CT molecular complexity index is 497. The van der Waals surface area contributed by atoms with Crippen molar-refractivity contribution in [3.05, 3.63) is 63.0 Å². The van der Waals surface area contributed by atoms with Crippen molar-refractivity contribution in [3.8, 4) is 5.75 Å². The summed E-state index contributed by atoms with van der Waals surface area (Å²) >= 11 is 6.96. The summed E-state index contributed by atoms with van der Waals surface area (Å²) < 4.78 is 7.68. The predicted molar refractivity (Wildman–Crippen MR) is 85.5 cm³/mol. The highest BCUT2D eigenvalue weighted by molar-refractivity contribution is 9.11. The van der Waals surface area contributed by atoms with Crippen molar-refractivity contribution >= 4 is 31.9 Å². The van der Waals surface area contributed by atoms with Crippen molar-refractivity contribution in [2.45, 2.75) is 6.54 Å². The normalized spacial score (nSPS) is 10.4. The summed E-state index contributed by atoms with van der Waals surface area (Å²) in [6.07, 6.45) is 0. The molecule has 0 aromatic heterocycles. The molecule has 2 nitrogen and oxygen atoms in total. The zero-order chi connectivity index (χ0) is 13.5. The molecule has 0 aliphatic heterocycles. The van der Waals surface area contributed by atoms with Crippen LogP contribution in [0, 0.1) is 0 Å². The van der Waals surface area contributed by atoms with Gasteiger partial charge >= 0.3 is 0 Å². The van der Waals surface area contributed by atoms with Crippen molar-refractivity contribution < 1.29 is 4.74 Å². The van der Waals surface area contributed by atoms with Gasteiger partial charge in [-0.15, -0.1) is 0 Å². The number of nitrogens with one attached hydrogen (secondary N) is 1. The molecule has 0 heterocycles. The SMILES string of the molecule is Brc1cccc(Br)c1OCCNCc1ccccc1. The predicted octanol–water partition coefficient (Wildman–Crippen LogP) is 4.38. The van der Waals surface area contributed by atoms with Crippen LogP contribution in [-0.4, -0.2) is 13.2 Å². The standard InChI is InChI=1S/C15H15Br2NO/c16-13-7-4-8-14(17)15(13)19-10-9-18-11-12-5-2-1-3-6-12/h1-8,18H,9-11H2. The van der Waals surface area contributed by atoms with Gasteiger partial charge in [0, 0.05) is 13.1 Å². The molecule has 4 heteroatoms. The van der Waals surface area contributed by atoms with E-state index in [9.17, 15) is 0 Å². The number of hydrogen-bond donors (Lipinski definition) is 1. The first kappa shape index (κ1) is 14.6. The summed E-state index contributed by atoms with van der Waals surface area (Å²) in [5.74, 6) is 0.851. The summed E-state index contributed by atoms with van der Waals surface area (Å²) in [6.45, 7) is 2.30. The van der Waals surface area contributed by atoms with Gasteiger partial charge in [-0.25, -0.2) is 0 Å². The molecule has 2 aromatic carbocycles. The van der Waals surface area contributed by atoms with E-state index in [-0.39, 0.29) is 0 Å². The molecule has 0 aliphatic carbocycles. The van der Waals surface area contributed by atoms with Crippen LogP contribution in [0.25, 0.3) is 0 Å². The van der Waals surface area contributed by atoms with Gasteiger partial charge in [-0.3, -0.25) is 0 Å². The first-order valence-corrected chi connectivity index (χ1v) is 7.67. The molecule has 0 amide bonds. The molecule has 0 saturated carbocycles. The van der Waals surface area contributed by atoms with E-state index in [0.29, 0.717) is 6.61 Å². The number of benzene rings is 2. The molecule has 0 bridgehead atoms. The van der Waals surface area contributed by atoms with Crippen LogP contribution >= 0.6 is 31.9 Å². The fraction of sp³-hybridized carbons (Fsp3) is 0.200. The zero-order valence-electron chi connectivity index (χ0n) is 10.4. The smallest absolute Gasteiger partial charge is 0.147 e. The zero-order valence-corrected chi connectivity index (χ0v) is 13.6. The number of ether oxygens (including phenoxy) is 1. The fourth-order valence-corrected chi connectivity index (χ4v) is 2.90. The molecule has 0 unspecified atom stereocenters. The first-order valence-electron chi connectivity index (χ1n) is 6.09. The molecule has 1 N–H and O–H groups in total. The Kier molecular flexibility index (Phi) is 5.89. The number of hydrogen-bond acceptors (Lipinski definition) is 2. The molecule has 0 spiro atoms. The fourth-order valence-electron chi connectivity index (χ4n) is 1.67. The van der Waals surface area contributed by atoms with E-state index in [4.69, 9.17) is 4.74 Å². The second kappa shape index (κ2) is 7.68. The topological polar surface area (TPSA) is 21.3 Å². The third kappa shape index (κ3) is 4.64. The van der Waals surface area contributed by atoms with E-state index in [0.717, 1.165) is 27.8 Å². The average Bonchev–Trinajstić information content (AvgIpc) is 2.42. The number of halogens is 2. The first-order chi connectivity index (χ1) is 9.27. The van der Waals surface area contributed by atoms with Crippen molar-refractivity contribution in [2.24, 2.45) is 0 Å². The lowest BCUT2D eigenvalue weighted by Crippen LogP contribution is -2.20. The van der Waals surface area contributed by atoms with Gasteiger partial charge in [0.05, 0.1) is 8.95 Å². The number of rotatable bonds is 6. The third-order valence-corrected chi connectivity index (χ3v) is 3.87. The Labute approximate surface area is 130 Å². The highest BCUT2D eigenvalue weighted by Crippen LogP contribution is 2.32. The molecule has 0 fully saturated rings. The molecule has 100 valence electrons. The Hall–Kier alpha value is -0.840. The van der Waals surface area contributed by atoms with Crippen LogP contribution in [0.15, 0.2) is 57.5 Å². The average molecular weight is 385 g/mol. The molecule has 0 atom stereocenters. The van der Waals surface area contributed by atoms with E-state index in [1.54, 1.807) is 0 Å². The lowest BCUT2D eigenvalue weighted by atomic mass is 10.2. The van der Waals surface area contributed by atoms with Crippen molar-refractivity contribution in [1.29, 1.82) is 0 Å². The van der Waals surface area contributed by atoms with Crippen LogP contribution < -0.4 is 10.1 Å². The second-order valence-corrected chi connectivity index (χ2v) is 5.77. The monoisotopic (exact) mass is 383 g/mol. The van der Waals surface area contributed by atoms with Crippen molar-refractivity contribution in [3.63, 3.8) is 0 Å². The highest BCUT2D eigenvalue weighted by Gasteiger charge is 2.04. The highest BCUT2D eigenvalue weighted by atomic mass is 79.9. The van der Waals surface area contributed by atoms with E-state index < -0.39 is 0 Å². The van der Waals surface area contributed by atoms with Gasteiger partial charge in [0.15, 0.2) is 0 Å². The molecule has 0 radical (unpaired) electrons. The van der Waals surface area contributed by atoms with Gasteiger partial charge in [0.1, 0.15) is 12.4 Å². The number of para-hydroxylation sites is 1. The maximum absolute atomic E-state index is 5.75. The van der Waals surface area contributed by atoms with E-state index in [1.807, 2.05) is 36.4 Å². The lowest BCUT2D eigenvalue weighted by Gasteiger charge is -2.10. The minimum atomic E-state index is 0.633. The van der Waals surface area contributed by atoms with Gasteiger partial charge < -0.3 is 10.1 Å². The minimum Gasteiger partial charge on any atom is -0.490 e. The maximum Gasteiger partial charge on any atom is 0.147 e. The minimum absolute atomic E-state index is 0.633. The molecular formula is C15H15Br2NO. The maximum atomic E-state index is 5.75. The van der Waals surface area contributed by atoms with Crippen LogP contribution in [0.4, 0.5) is 0 Å². The Morgan fingerprint density at radius 2 is 1.58 bits per heavy atom. The van der Waals surface area contributed by atoms with Crippen molar-refractivity contribution in [2.75, 3.05) is 13.2 Å². The third-order valence-electron chi connectivity index (χ3n) is 2.62. The van der Waals surface area contributed by atoms with Crippen LogP contribution in [0.5, 0.6) is 5.75 Å². The van der Waals surface area contributed by atoms with Gasteiger partial charge in [-0.2, -0.15) is 0 Å². The van der Waals surface area contributed by atoms with Gasteiger partial charge in [0.2, 0.25) is 0 Å². The summed E-state index contributed by atoms with van der Waals surface area (Å²) in [5, 5.41) is 3.36. The Morgan fingerprint density at radius 3 is 2.26 bits per heavy atom. The molecule has 19 heavy (non-hydrogen) atoms. The van der Waals surface area contributed by atoms with Gasteiger partial charge in [-0.05, 0) is 49.6 Å². The molecule has 0 aliphatic rings. The lowest BCUT2D eigenvalue weighted by molar-refractivity contribution is 0.310. The summed E-state index contributed by atoms with van der Waals surface area (Å²) in [4.78, 5) is 0. The molecule has 0 saturated heterocycles. The molecule has 2 aromatic rings. The van der Waals surface area contributed by atoms with Crippen LogP contribution in [0.2, 0.25) is 0 Å². The van der Waals surface area contributed by atoms with E-state index in [1.165, 1.54) is 5.56 Å². The van der Waals surface area contributed by atoms with E-state index in [2.05, 4.69) is 49.3 Å². The van der Waals surface area contributed by atoms with Crippen molar-refractivity contribution in [1.82, 2.24) is 5.32 Å². The van der Waals surface area contributed by atoms with Crippen LogP contribution in [0.3, 0.4) is 0 Å². The van der Waals surface area contributed by atoms with Gasteiger partial charge in [0.25, 0.3) is 0 Å². The van der Waals surface area contributed by atoms with Crippen LogP contribution in [0.1, 0.15) is 5.56 Å². The second-order valence-electron chi connectivity index (χ2n) is 4.06. The summed E-state index contributed by atoms with van der Waals surface area (Å²) in [7, 11) is 0. The van der Waals surface area contributed by atoms with E-state index >= 15 is 0 Å².